The highest BCUT2D eigenvalue weighted by Gasteiger charge is 2.25. The van der Waals surface area contributed by atoms with Crippen LogP contribution in [0.4, 0.5) is 9.18 Å². The van der Waals surface area contributed by atoms with Crippen LogP contribution in [0, 0.1) is 5.82 Å². The van der Waals surface area contributed by atoms with E-state index in [4.69, 9.17) is 0 Å². The van der Waals surface area contributed by atoms with E-state index in [0.717, 1.165) is 10.4 Å². The summed E-state index contributed by atoms with van der Waals surface area (Å²) in [6.45, 7) is 4.60. The molecule has 2 aromatic rings. The standard InChI is InChI=1S/C18H20FN3O2S/c1-2-20-18(24)22-11-9-21(10-12-22)17(23)16-8-7-15(25-16)13-3-5-14(19)6-4-13/h3-8H,2,9-12H2,1H3,(H,20,24). The molecule has 0 spiro atoms. The van der Waals surface area contributed by atoms with Crippen LogP contribution in [0.15, 0.2) is 36.4 Å². The molecule has 0 unspecified atom stereocenters. The van der Waals surface area contributed by atoms with Gasteiger partial charge in [0.15, 0.2) is 0 Å². The minimum absolute atomic E-state index is 0.0195. The molecule has 25 heavy (non-hydrogen) atoms. The van der Waals surface area contributed by atoms with Crippen LogP contribution in [0.3, 0.4) is 0 Å². The highest BCUT2D eigenvalue weighted by atomic mass is 32.1. The Bertz CT molecular complexity index is 752. The number of nitrogens with zero attached hydrogens (tertiary/aromatic N) is 2. The van der Waals surface area contributed by atoms with E-state index >= 15 is 0 Å². The van der Waals surface area contributed by atoms with Crippen molar-refractivity contribution >= 4 is 23.3 Å². The number of hydrogen-bond donors (Lipinski definition) is 1. The Balaban J connectivity index is 1.63. The van der Waals surface area contributed by atoms with Gasteiger partial charge in [0.05, 0.1) is 4.88 Å². The van der Waals surface area contributed by atoms with Gasteiger partial charge in [-0.05, 0) is 36.8 Å². The first-order valence-corrected chi connectivity index (χ1v) is 9.08. The average Bonchev–Trinajstić information content (AvgIpc) is 3.12. The predicted octanol–water partition coefficient (Wildman–Crippen LogP) is 3.04. The fraction of sp³-hybridized carbons (Fsp3) is 0.333. The molecule has 0 atom stereocenters. The van der Waals surface area contributed by atoms with Gasteiger partial charge in [-0.2, -0.15) is 0 Å². The zero-order valence-electron chi connectivity index (χ0n) is 14.0. The molecule has 1 aromatic heterocycles. The fourth-order valence-corrected chi connectivity index (χ4v) is 3.73. The number of rotatable bonds is 3. The molecule has 1 aliphatic heterocycles. The van der Waals surface area contributed by atoms with Crippen LogP contribution in [0.2, 0.25) is 0 Å². The molecular weight excluding hydrogens is 341 g/mol. The third-order valence-corrected chi connectivity index (χ3v) is 5.25. The first-order chi connectivity index (χ1) is 12.1. The largest absolute Gasteiger partial charge is 0.338 e. The Morgan fingerprint density at radius 2 is 1.68 bits per heavy atom. The van der Waals surface area contributed by atoms with Crippen molar-refractivity contribution in [2.24, 2.45) is 0 Å². The summed E-state index contributed by atoms with van der Waals surface area (Å²) in [5, 5.41) is 2.78. The van der Waals surface area contributed by atoms with E-state index in [1.165, 1.54) is 23.5 Å². The molecule has 0 aliphatic carbocycles. The molecule has 7 heteroatoms. The molecule has 1 aromatic carbocycles. The third kappa shape index (κ3) is 3.99. The van der Waals surface area contributed by atoms with Crippen LogP contribution < -0.4 is 5.32 Å². The SMILES string of the molecule is CCNC(=O)N1CCN(C(=O)c2ccc(-c3ccc(F)cc3)s2)CC1. The van der Waals surface area contributed by atoms with Crippen LogP contribution in [0.5, 0.6) is 0 Å². The van der Waals surface area contributed by atoms with Gasteiger partial charge in [-0.15, -0.1) is 11.3 Å². The smallest absolute Gasteiger partial charge is 0.317 e. The first-order valence-electron chi connectivity index (χ1n) is 8.26. The zero-order chi connectivity index (χ0) is 17.8. The summed E-state index contributed by atoms with van der Waals surface area (Å²) in [6.07, 6.45) is 0. The molecule has 0 radical (unpaired) electrons. The maximum absolute atomic E-state index is 13.0. The second-order valence-corrected chi connectivity index (χ2v) is 6.87. The molecule has 1 fully saturated rings. The fourth-order valence-electron chi connectivity index (χ4n) is 2.75. The molecule has 5 nitrogen and oxygen atoms in total. The van der Waals surface area contributed by atoms with Crippen LogP contribution in [0.1, 0.15) is 16.6 Å². The number of hydrogen-bond acceptors (Lipinski definition) is 3. The van der Waals surface area contributed by atoms with Crippen LogP contribution in [0.25, 0.3) is 10.4 Å². The summed E-state index contributed by atoms with van der Waals surface area (Å²) in [5.41, 5.74) is 0.895. The van der Waals surface area contributed by atoms with Crippen molar-refractivity contribution in [1.29, 1.82) is 0 Å². The lowest BCUT2D eigenvalue weighted by Gasteiger charge is -2.34. The summed E-state index contributed by atoms with van der Waals surface area (Å²) in [4.78, 5) is 29.6. The topological polar surface area (TPSA) is 52.7 Å². The van der Waals surface area contributed by atoms with Gasteiger partial charge in [-0.25, -0.2) is 9.18 Å². The summed E-state index contributed by atoms with van der Waals surface area (Å²) >= 11 is 1.40. The Morgan fingerprint density at radius 1 is 1.04 bits per heavy atom. The number of urea groups is 1. The van der Waals surface area contributed by atoms with E-state index < -0.39 is 0 Å². The second-order valence-electron chi connectivity index (χ2n) is 5.79. The van der Waals surface area contributed by atoms with E-state index in [-0.39, 0.29) is 17.8 Å². The Kier molecular flexibility index (Phi) is 5.33. The summed E-state index contributed by atoms with van der Waals surface area (Å²) < 4.78 is 13.0. The Hall–Kier alpha value is -2.41. The molecule has 0 bridgehead atoms. The van der Waals surface area contributed by atoms with Crippen LogP contribution in [-0.4, -0.2) is 54.5 Å². The van der Waals surface area contributed by atoms with E-state index in [2.05, 4.69) is 5.32 Å². The normalized spacial score (nSPS) is 14.5. The number of carbonyl (C=O) groups excluding carboxylic acids is 2. The van der Waals surface area contributed by atoms with Gasteiger partial charge in [0.2, 0.25) is 0 Å². The lowest BCUT2D eigenvalue weighted by Crippen LogP contribution is -2.53. The van der Waals surface area contributed by atoms with Crippen molar-refractivity contribution in [3.05, 3.63) is 47.1 Å². The Morgan fingerprint density at radius 3 is 2.32 bits per heavy atom. The molecular formula is C18H20FN3O2S. The van der Waals surface area contributed by atoms with Crippen molar-refractivity contribution in [3.8, 4) is 10.4 Å². The number of piperazine rings is 1. The summed E-state index contributed by atoms with van der Waals surface area (Å²) in [7, 11) is 0. The van der Waals surface area contributed by atoms with Gasteiger partial charge in [0, 0.05) is 37.6 Å². The number of benzene rings is 1. The minimum atomic E-state index is -0.276. The summed E-state index contributed by atoms with van der Waals surface area (Å²) in [5.74, 6) is -0.296. The molecule has 3 amide bonds. The highest BCUT2D eigenvalue weighted by Crippen LogP contribution is 2.29. The van der Waals surface area contributed by atoms with Crippen LogP contribution >= 0.6 is 11.3 Å². The lowest BCUT2D eigenvalue weighted by atomic mass is 10.2. The zero-order valence-corrected chi connectivity index (χ0v) is 14.8. The number of amides is 3. The van der Waals surface area contributed by atoms with E-state index in [1.807, 2.05) is 19.1 Å². The quantitative estimate of drug-likeness (QED) is 0.914. The van der Waals surface area contributed by atoms with E-state index in [9.17, 15) is 14.0 Å². The highest BCUT2D eigenvalue weighted by molar-refractivity contribution is 7.17. The van der Waals surface area contributed by atoms with Crippen molar-refractivity contribution in [3.63, 3.8) is 0 Å². The second kappa shape index (κ2) is 7.65. The van der Waals surface area contributed by atoms with Crippen molar-refractivity contribution in [2.75, 3.05) is 32.7 Å². The van der Waals surface area contributed by atoms with Gasteiger partial charge < -0.3 is 15.1 Å². The molecule has 1 N–H and O–H groups in total. The van der Waals surface area contributed by atoms with E-state index in [0.29, 0.717) is 37.6 Å². The maximum atomic E-state index is 13.0. The van der Waals surface area contributed by atoms with Gasteiger partial charge in [-0.3, -0.25) is 4.79 Å². The van der Waals surface area contributed by atoms with Crippen molar-refractivity contribution in [2.45, 2.75) is 6.92 Å². The molecule has 1 saturated heterocycles. The number of thiophene rings is 1. The Labute approximate surface area is 150 Å². The number of nitrogens with one attached hydrogen (secondary N) is 1. The van der Waals surface area contributed by atoms with Gasteiger partial charge in [0.1, 0.15) is 5.82 Å². The minimum Gasteiger partial charge on any atom is -0.338 e. The monoisotopic (exact) mass is 361 g/mol. The van der Waals surface area contributed by atoms with Gasteiger partial charge in [-0.1, -0.05) is 12.1 Å². The first kappa shape index (κ1) is 17.4. The molecule has 1 aliphatic rings. The van der Waals surface area contributed by atoms with Crippen molar-refractivity contribution in [1.82, 2.24) is 15.1 Å². The molecule has 0 saturated carbocycles. The summed E-state index contributed by atoms with van der Waals surface area (Å²) in [6, 6.07) is 9.86. The van der Waals surface area contributed by atoms with E-state index in [1.54, 1.807) is 21.9 Å². The third-order valence-electron chi connectivity index (χ3n) is 4.13. The van der Waals surface area contributed by atoms with Crippen molar-refractivity contribution < 1.29 is 14.0 Å². The average molecular weight is 361 g/mol. The van der Waals surface area contributed by atoms with Gasteiger partial charge >= 0.3 is 6.03 Å². The van der Waals surface area contributed by atoms with Gasteiger partial charge in [0.25, 0.3) is 5.91 Å². The van der Waals surface area contributed by atoms with Crippen LogP contribution in [-0.2, 0) is 0 Å². The molecule has 3 rings (SSSR count). The molecule has 2 heterocycles. The maximum Gasteiger partial charge on any atom is 0.317 e. The number of carbonyl (C=O) groups is 2. The predicted molar refractivity (Wildman–Crippen MR) is 96.3 cm³/mol. The lowest BCUT2D eigenvalue weighted by molar-refractivity contribution is 0.0670. The molecule has 132 valence electrons. The number of halogens is 1.